The van der Waals surface area contributed by atoms with Crippen LogP contribution in [0.5, 0.6) is 0 Å². The summed E-state index contributed by atoms with van der Waals surface area (Å²) in [6.45, 7) is 2.36. The molecule has 134 valence electrons. The van der Waals surface area contributed by atoms with Gasteiger partial charge in [-0.1, -0.05) is 18.2 Å². The number of nitrogens with zero attached hydrogens (tertiary/aromatic N) is 1. The summed E-state index contributed by atoms with van der Waals surface area (Å²) in [5, 5.41) is 3.24. The molecule has 0 aliphatic heterocycles. The van der Waals surface area contributed by atoms with E-state index in [0.29, 0.717) is 12.1 Å². The van der Waals surface area contributed by atoms with Crippen LogP contribution in [0.3, 0.4) is 0 Å². The fourth-order valence-corrected chi connectivity index (χ4v) is 3.25. The smallest absolute Gasteiger partial charge is 0.337 e. The van der Waals surface area contributed by atoms with Crippen molar-refractivity contribution >= 4 is 21.7 Å². The molecule has 1 N–H and O–H groups in total. The number of sulfonamides is 1. The zero-order valence-corrected chi connectivity index (χ0v) is 15.6. The number of ether oxygens (including phenoxy) is 1. The van der Waals surface area contributed by atoms with Crippen molar-refractivity contribution in [3.63, 3.8) is 0 Å². The van der Waals surface area contributed by atoms with Crippen LogP contribution in [0.1, 0.15) is 21.5 Å². The minimum Gasteiger partial charge on any atom is -0.465 e. The molecule has 2 aromatic carbocycles. The molecule has 0 atom stereocenters. The maximum absolute atomic E-state index is 12.2. The number of hydrogen-bond donors (Lipinski definition) is 1. The second kappa shape index (κ2) is 7.67. The normalized spacial score (nSPS) is 11.4. The van der Waals surface area contributed by atoms with Crippen LogP contribution in [0.15, 0.2) is 47.4 Å². The number of rotatable bonds is 6. The van der Waals surface area contributed by atoms with Crippen molar-refractivity contribution in [3.05, 3.63) is 59.2 Å². The van der Waals surface area contributed by atoms with Crippen LogP contribution in [0, 0.1) is 6.92 Å². The van der Waals surface area contributed by atoms with Crippen molar-refractivity contribution in [1.82, 2.24) is 4.31 Å². The molecule has 2 aromatic rings. The topological polar surface area (TPSA) is 75.7 Å². The highest BCUT2D eigenvalue weighted by Crippen LogP contribution is 2.20. The molecule has 0 radical (unpaired) electrons. The van der Waals surface area contributed by atoms with E-state index in [0.717, 1.165) is 16.8 Å². The van der Waals surface area contributed by atoms with Gasteiger partial charge < -0.3 is 10.1 Å². The second-order valence-electron chi connectivity index (χ2n) is 5.81. The SMILES string of the molecule is COC(=O)c1ccc(C)c(NCc2cccc(S(=O)(=O)N(C)C)c2)c1. The molecule has 0 fully saturated rings. The zero-order valence-electron chi connectivity index (χ0n) is 14.7. The fourth-order valence-electron chi connectivity index (χ4n) is 2.28. The van der Waals surface area contributed by atoms with Gasteiger partial charge in [0.15, 0.2) is 0 Å². The molecule has 25 heavy (non-hydrogen) atoms. The number of hydrogen-bond acceptors (Lipinski definition) is 5. The summed E-state index contributed by atoms with van der Waals surface area (Å²) in [7, 11) is 0.876. The number of nitrogens with one attached hydrogen (secondary N) is 1. The molecular formula is C18H22N2O4S. The highest BCUT2D eigenvalue weighted by Gasteiger charge is 2.17. The van der Waals surface area contributed by atoms with Crippen molar-refractivity contribution in [3.8, 4) is 0 Å². The van der Waals surface area contributed by atoms with Gasteiger partial charge >= 0.3 is 5.97 Å². The van der Waals surface area contributed by atoms with Crippen molar-refractivity contribution < 1.29 is 17.9 Å². The molecule has 0 heterocycles. The molecule has 0 saturated carbocycles. The van der Waals surface area contributed by atoms with Crippen LogP contribution in [0.2, 0.25) is 0 Å². The van der Waals surface area contributed by atoms with E-state index in [1.165, 1.54) is 25.5 Å². The fraction of sp³-hybridized carbons (Fsp3) is 0.278. The Kier molecular flexibility index (Phi) is 5.81. The molecule has 0 saturated heterocycles. The van der Waals surface area contributed by atoms with E-state index < -0.39 is 16.0 Å². The largest absolute Gasteiger partial charge is 0.465 e. The summed E-state index contributed by atoms with van der Waals surface area (Å²) in [6.07, 6.45) is 0. The van der Waals surface area contributed by atoms with Gasteiger partial charge in [0, 0.05) is 26.3 Å². The lowest BCUT2D eigenvalue weighted by Gasteiger charge is -2.14. The standard InChI is InChI=1S/C18H22N2O4S/c1-13-8-9-15(18(21)24-4)11-17(13)19-12-14-6-5-7-16(10-14)25(22,23)20(2)3/h5-11,19H,12H2,1-4H3. The maximum atomic E-state index is 12.2. The Morgan fingerprint density at radius 1 is 1.16 bits per heavy atom. The monoisotopic (exact) mass is 362 g/mol. The third-order valence-corrected chi connectivity index (χ3v) is 5.63. The third kappa shape index (κ3) is 4.37. The molecular weight excluding hydrogens is 340 g/mol. The Balaban J connectivity index is 2.21. The van der Waals surface area contributed by atoms with Gasteiger partial charge in [0.1, 0.15) is 0 Å². The van der Waals surface area contributed by atoms with Crippen molar-refractivity contribution in [2.75, 3.05) is 26.5 Å². The van der Waals surface area contributed by atoms with E-state index in [1.807, 2.05) is 19.1 Å². The number of methoxy groups -OCH3 is 1. The average Bonchev–Trinajstić information content (AvgIpc) is 2.60. The van der Waals surface area contributed by atoms with Crippen LogP contribution in [-0.2, 0) is 21.3 Å². The molecule has 0 aliphatic carbocycles. The number of esters is 1. The Bertz CT molecular complexity index is 876. The van der Waals surface area contributed by atoms with Gasteiger partial charge in [0.2, 0.25) is 10.0 Å². The molecule has 2 rings (SSSR count). The van der Waals surface area contributed by atoms with Gasteiger partial charge in [-0.15, -0.1) is 0 Å². The molecule has 0 aromatic heterocycles. The van der Waals surface area contributed by atoms with Crippen molar-refractivity contribution in [1.29, 1.82) is 0 Å². The lowest BCUT2D eigenvalue weighted by molar-refractivity contribution is 0.0601. The molecule has 0 amide bonds. The second-order valence-corrected chi connectivity index (χ2v) is 7.96. The Hall–Kier alpha value is -2.38. The van der Waals surface area contributed by atoms with E-state index in [2.05, 4.69) is 5.32 Å². The van der Waals surface area contributed by atoms with E-state index >= 15 is 0 Å². The van der Waals surface area contributed by atoms with Crippen LogP contribution < -0.4 is 5.32 Å². The Labute approximate surface area is 148 Å². The van der Waals surface area contributed by atoms with Crippen LogP contribution in [-0.4, -0.2) is 39.9 Å². The number of benzene rings is 2. The van der Waals surface area contributed by atoms with Crippen LogP contribution in [0.25, 0.3) is 0 Å². The van der Waals surface area contributed by atoms with Gasteiger partial charge in [-0.2, -0.15) is 0 Å². The zero-order chi connectivity index (χ0) is 18.6. The van der Waals surface area contributed by atoms with E-state index in [-0.39, 0.29) is 4.90 Å². The third-order valence-electron chi connectivity index (χ3n) is 3.82. The molecule has 0 spiro atoms. The van der Waals surface area contributed by atoms with Crippen LogP contribution in [0.4, 0.5) is 5.69 Å². The summed E-state index contributed by atoms with van der Waals surface area (Å²) >= 11 is 0. The lowest BCUT2D eigenvalue weighted by Crippen LogP contribution is -2.22. The van der Waals surface area contributed by atoms with E-state index in [1.54, 1.807) is 30.3 Å². The minimum absolute atomic E-state index is 0.247. The lowest BCUT2D eigenvalue weighted by atomic mass is 10.1. The number of carbonyl (C=O) groups excluding carboxylic acids is 1. The van der Waals surface area contributed by atoms with E-state index in [4.69, 9.17) is 4.74 Å². The highest BCUT2D eigenvalue weighted by atomic mass is 32.2. The van der Waals surface area contributed by atoms with Gasteiger partial charge in [-0.3, -0.25) is 0 Å². The molecule has 0 aliphatic rings. The summed E-state index contributed by atoms with van der Waals surface area (Å²) in [6, 6.07) is 12.0. The van der Waals surface area contributed by atoms with Gasteiger partial charge in [-0.25, -0.2) is 17.5 Å². The van der Waals surface area contributed by atoms with Crippen molar-refractivity contribution in [2.45, 2.75) is 18.4 Å². The first-order chi connectivity index (χ1) is 11.8. The minimum atomic E-state index is -3.47. The number of carbonyl (C=O) groups is 1. The van der Waals surface area contributed by atoms with Crippen molar-refractivity contribution in [2.24, 2.45) is 0 Å². The average molecular weight is 362 g/mol. The van der Waals surface area contributed by atoms with E-state index in [9.17, 15) is 13.2 Å². The number of anilines is 1. The molecule has 0 bridgehead atoms. The first-order valence-electron chi connectivity index (χ1n) is 7.70. The Morgan fingerprint density at radius 2 is 1.88 bits per heavy atom. The maximum Gasteiger partial charge on any atom is 0.337 e. The molecule has 7 heteroatoms. The first-order valence-corrected chi connectivity index (χ1v) is 9.14. The predicted octanol–water partition coefficient (Wildman–Crippen LogP) is 2.64. The molecule has 6 nitrogen and oxygen atoms in total. The summed E-state index contributed by atoms with van der Waals surface area (Å²) in [4.78, 5) is 11.9. The quantitative estimate of drug-likeness (QED) is 0.800. The van der Waals surface area contributed by atoms with Gasteiger partial charge in [0.25, 0.3) is 0 Å². The summed E-state index contributed by atoms with van der Waals surface area (Å²) in [5.74, 6) is -0.401. The summed E-state index contributed by atoms with van der Waals surface area (Å²) in [5.41, 5.74) is 3.05. The molecule has 0 unspecified atom stereocenters. The first kappa shape index (κ1) is 19.0. The summed E-state index contributed by atoms with van der Waals surface area (Å²) < 4.78 is 30.4. The van der Waals surface area contributed by atoms with Gasteiger partial charge in [-0.05, 0) is 42.3 Å². The van der Waals surface area contributed by atoms with Crippen LogP contribution >= 0.6 is 0 Å². The van der Waals surface area contributed by atoms with Gasteiger partial charge in [0.05, 0.1) is 17.6 Å². The predicted molar refractivity (Wildman–Crippen MR) is 97.2 cm³/mol. The number of aryl methyl sites for hydroxylation is 1. The Morgan fingerprint density at radius 3 is 2.52 bits per heavy atom. The highest BCUT2D eigenvalue weighted by molar-refractivity contribution is 7.89.